The largest absolute Gasteiger partial charge is 0.213 e. The molecule has 138 valence electrons. The monoisotopic (exact) mass is 355 g/mol. The number of nitrogens with zero attached hydrogens (tertiary/aromatic N) is 3. The van der Waals surface area contributed by atoms with Gasteiger partial charge in [-0.25, -0.2) is 12.7 Å². The summed E-state index contributed by atoms with van der Waals surface area (Å²) < 4.78 is 26.0. The number of rotatable bonds is 16. The van der Waals surface area contributed by atoms with Gasteiger partial charge in [0.25, 0.3) is 0 Å². The molecule has 0 heterocycles. The molecule has 0 aliphatic carbocycles. The fourth-order valence-electron chi connectivity index (χ4n) is 2.62. The van der Waals surface area contributed by atoms with E-state index in [1.54, 1.807) is 11.2 Å². The van der Waals surface area contributed by atoms with Crippen molar-refractivity contribution in [1.29, 1.82) is 10.5 Å². The number of unbranched alkanes of at least 4 members (excludes halogenated alkanes) is 10. The molecule has 0 amide bonds. The van der Waals surface area contributed by atoms with Crippen LogP contribution in [0, 0.1) is 22.7 Å². The lowest BCUT2D eigenvalue weighted by atomic mass is 10.1. The molecule has 0 aliphatic rings. The van der Waals surface area contributed by atoms with Crippen LogP contribution in [0.2, 0.25) is 0 Å². The first kappa shape index (κ1) is 22.9. The Bertz CT molecular complexity index is 449. The summed E-state index contributed by atoms with van der Waals surface area (Å²) in [5.41, 5.74) is 0. The molecule has 5 nitrogen and oxygen atoms in total. The summed E-state index contributed by atoms with van der Waals surface area (Å²) in [4.78, 5) is 0. The van der Waals surface area contributed by atoms with Gasteiger partial charge in [0.05, 0.1) is 17.9 Å². The topological polar surface area (TPSA) is 85.0 Å². The molecule has 0 aromatic heterocycles. The molecular weight excluding hydrogens is 322 g/mol. The first-order valence-corrected chi connectivity index (χ1v) is 10.9. The number of nitriles is 2. The zero-order valence-electron chi connectivity index (χ0n) is 15.2. The lowest BCUT2D eigenvalue weighted by molar-refractivity contribution is 0.384. The Labute approximate surface area is 148 Å². The second-order valence-corrected chi connectivity index (χ2v) is 8.41. The molecule has 0 aliphatic heterocycles. The summed E-state index contributed by atoms with van der Waals surface area (Å²) in [6.45, 7) is 2.93. The molecule has 0 N–H and O–H groups in total. The second-order valence-electron chi connectivity index (χ2n) is 6.15. The lowest BCUT2D eigenvalue weighted by Crippen LogP contribution is -2.34. The Balaban J connectivity index is 3.96. The standard InChI is InChI=1S/C18H33N3O2S/c1-2-24(22,23)21(17-13-9-5-3-7-11-15-19)18-14-10-6-4-8-12-16-20/h2-14,17-18H2,1H3. The van der Waals surface area contributed by atoms with Crippen molar-refractivity contribution >= 4 is 10.0 Å². The lowest BCUT2D eigenvalue weighted by Gasteiger charge is -2.21. The van der Waals surface area contributed by atoms with Gasteiger partial charge < -0.3 is 0 Å². The minimum absolute atomic E-state index is 0.164. The van der Waals surface area contributed by atoms with E-state index < -0.39 is 10.0 Å². The average molecular weight is 356 g/mol. The highest BCUT2D eigenvalue weighted by Gasteiger charge is 2.18. The second kappa shape index (κ2) is 15.4. The van der Waals surface area contributed by atoms with Crippen molar-refractivity contribution in [2.75, 3.05) is 18.8 Å². The van der Waals surface area contributed by atoms with Gasteiger partial charge in [0.2, 0.25) is 10.0 Å². The van der Waals surface area contributed by atoms with Gasteiger partial charge in [0, 0.05) is 25.9 Å². The molecule has 0 saturated carbocycles. The van der Waals surface area contributed by atoms with Crippen molar-refractivity contribution in [3.63, 3.8) is 0 Å². The molecular formula is C18H33N3O2S. The third-order valence-electron chi connectivity index (χ3n) is 4.15. The molecule has 0 spiro atoms. The van der Waals surface area contributed by atoms with Crippen molar-refractivity contribution in [3.8, 4) is 12.1 Å². The predicted octanol–water partition coefficient (Wildman–Crippen LogP) is 4.37. The molecule has 0 aromatic rings. The predicted molar refractivity (Wildman–Crippen MR) is 97.7 cm³/mol. The van der Waals surface area contributed by atoms with E-state index in [4.69, 9.17) is 10.5 Å². The van der Waals surface area contributed by atoms with Crippen LogP contribution < -0.4 is 0 Å². The van der Waals surface area contributed by atoms with Crippen molar-refractivity contribution in [3.05, 3.63) is 0 Å². The van der Waals surface area contributed by atoms with E-state index in [2.05, 4.69) is 12.1 Å². The summed E-state index contributed by atoms with van der Waals surface area (Å²) in [6, 6.07) is 4.29. The van der Waals surface area contributed by atoms with E-state index in [9.17, 15) is 8.42 Å². The van der Waals surface area contributed by atoms with Gasteiger partial charge in [-0.1, -0.05) is 38.5 Å². The molecule has 0 rings (SSSR count). The summed E-state index contributed by atoms with van der Waals surface area (Å²) >= 11 is 0. The highest BCUT2D eigenvalue weighted by Crippen LogP contribution is 2.12. The average Bonchev–Trinajstić information content (AvgIpc) is 2.58. The van der Waals surface area contributed by atoms with Crippen molar-refractivity contribution in [2.45, 2.75) is 84.0 Å². The van der Waals surface area contributed by atoms with Gasteiger partial charge in [0.15, 0.2) is 0 Å². The first-order chi connectivity index (χ1) is 11.6. The Morgan fingerprint density at radius 3 is 1.46 bits per heavy atom. The zero-order chi connectivity index (χ0) is 18.1. The van der Waals surface area contributed by atoms with Crippen LogP contribution in [-0.2, 0) is 10.0 Å². The van der Waals surface area contributed by atoms with Crippen LogP contribution >= 0.6 is 0 Å². The Morgan fingerprint density at radius 2 is 1.08 bits per heavy atom. The summed E-state index contributed by atoms with van der Waals surface area (Å²) in [6.07, 6.45) is 11.2. The number of sulfonamides is 1. The van der Waals surface area contributed by atoms with Crippen LogP contribution in [0.3, 0.4) is 0 Å². The maximum Gasteiger partial charge on any atom is 0.213 e. The summed E-state index contributed by atoms with van der Waals surface area (Å²) in [5.74, 6) is 0.164. The number of hydrogen-bond donors (Lipinski definition) is 0. The van der Waals surface area contributed by atoms with E-state index in [0.29, 0.717) is 25.9 Å². The van der Waals surface area contributed by atoms with E-state index >= 15 is 0 Å². The van der Waals surface area contributed by atoms with Crippen LogP contribution in [0.5, 0.6) is 0 Å². The maximum atomic E-state index is 12.2. The van der Waals surface area contributed by atoms with Gasteiger partial charge >= 0.3 is 0 Å². The summed E-state index contributed by atoms with van der Waals surface area (Å²) in [7, 11) is -3.12. The van der Waals surface area contributed by atoms with Crippen LogP contribution in [-0.4, -0.2) is 31.6 Å². The fraction of sp³-hybridized carbons (Fsp3) is 0.889. The van der Waals surface area contributed by atoms with E-state index in [-0.39, 0.29) is 5.75 Å². The molecule has 0 radical (unpaired) electrons. The fourth-order valence-corrected chi connectivity index (χ4v) is 3.80. The molecule has 0 unspecified atom stereocenters. The Morgan fingerprint density at radius 1 is 0.708 bits per heavy atom. The molecule has 0 fully saturated rings. The van der Waals surface area contributed by atoms with Crippen LogP contribution in [0.25, 0.3) is 0 Å². The van der Waals surface area contributed by atoms with Crippen LogP contribution in [0.4, 0.5) is 0 Å². The molecule has 6 heteroatoms. The third-order valence-corrected chi connectivity index (χ3v) is 6.03. The molecule has 0 atom stereocenters. The van der Waals surface area contributed by atoms with Crippen molar-refractivity contribution in [2.24, 2.45) is 0 Å². The minimum Gasteiger partial charge on any atom is -0.212 e. The normalized spacial score (nSPS) is 11.3. The zero-order valence-corrected chi connectivity index (χ0v) is 16.0. The van der Waals surface area contributed by atoms with E-state index in [0.717, 1.165) is 64.2 Å². The van der Waals surface area contributed by atoms with Gasteiger partial charge in [-0.3, -0.25) is 0 Å². The molecule has 0 saturated heterocycles. The smallest absolute Gasteiger partial charge is 0.212 e. The van der Waals surface area contributed by atoms with Crippen molar-refractivity contribution < 1.29 is 8.42 Å². The quantitative estimate of drug-likeness (QED) is 0.385. The Kier molecular flexibility index (Phi) is 14.7. The van der Waals surface area contributed by atoms with Crippen LogP contribution in [0.1, 0.15) is 84.0 Å². The number of hydrogen-bond acceptors (Lipinski definition) is 4. The van der Waals surface area contributed by atoms with Gasteiger partial charge in [-0.05, 0) is 32.6 Å². The molecule has 0 bridgehead atoms. The molecule has 0 aromatic carbocycles. The minimum atomic E-state index is -3.12. The van der Waals surface area contributed by atoms with Gasteiger partial charge in [-0.2, -0.15) is 10.5 Å². The maximum absolute atomic E-state index is 12.2. The first-order valence-electron chi connectivity index (χ1n) is 9.30. The van der Waals surface area contributed by atoms with E-state index in [1.165, 1.54) is 0 Å². The Hall–Kier alpha value is -1.11. The van der Waals surface area contributed by atoms with E-state index in [1.807, 2.05) is 0 Å². The molecule has 24 heavy (non-hydrogen) atoms. The van der Waals surface area contributed by atoms with Crippen molar-refractivity contribution in [1.82, 2.24) is 4.31 Å². The van der Waals surface area contributed by atoms with Crippen LogP contribution in [0.15, 0.2) is 0 Å². The van der Waals surface area contributed by atoms with Gasteiger partial charge in [-0.15, -0.1) is 0 Å². The highest BCUT2D eigenvalue weighted by molar-refractivity contribution is 7.89. The van der Waals surface area contributed by atoms with Gasteiger partial charge in [0.1, 0.15) is 0 Å². The third kappa shape index (κ3) is 12.3. The highest BCUT2D eigenvalue weighted by atomic mass is 32.2. The SMILES string of the molecule is CCS(=O)(=O)N(CCCCCCCC#N)CCCCCCCC#N. The summed E-state index contributed by atoms with van der Waals surface area (Å²) in [5, 5.41) is 17.0.